The molecule has 0 bridgehead atoms. The van der Waals surface area contributed by atoms with Crippen LogP contribution >= 0.6 is 0 Å². The summed E-state index contributed by atoms with van der Waals surface area (Å²) in [6, 6.07) is 18.0. The zero-order chi connectivity index (χ0) is 26.3. The van der Waals surface area contributed by atoms with E-state index in [1.54, 1.807) is 0 Å². The SMILES string of the molecule is CCCCCCCCOc1ccc(-c2ccc(OC(=O)C3(C#N)CCC(CCCCC)CC3)cc2)cc1. The van der Waals surface area contributed by atoms with Gasteiger partial charge in [0, 0.05) is 0 Å². The maximum Gasteiger partial charge on any atom is 0.331 e. The number of hydrogen-bond acceptors (Lipinski definition) is 4. The second kappa shape index (κ2) is 15.5. The molecule has 0 heterocycles. The highest BCUT2D eigenvalue weighted by Crippen LogP contribution is 2.41. The molecule has 1 saturated carbocycles. The van der Waals surface area contributed by atoms with Crippen LogP contribution in [0.25, 0.3) is 11.1 Å². The molecule has 4 nitrogen and oxygen atoms in total. The van der Waals surface area contributed by atoms with Gasteiger partial charge >= 0.3 is 5.97 Å². The lowest BCUT2D eigenvalue weighted by molar-refractivity contribution is -0.144. The van der Waals surface area contributed by atoms with Gasteiger partial charge < -0.3 is 9.47 Å². The van der Waals surface area contributed by atoms with Crippen LogP contribution < -0.4 is 9.47 Å². The maximum absolute atomic E-state index is 13.0. The Balaban J connectivity index is 1.46. The van der Waals surface area contributed by atoms with Crippen molar-refractivity contribution in [3.8, 4) is 28.7 Å². The van der Waals surface area contributed by atoms with Crippen LogP contribution in [-0.2, 0) is 4.79 Å². The highest BCUT2D eigenvalue weighted by molar-refractivity contribution is 5.82. The highest BCUT2D eigenvalue weighted by atomic mass is 16.5. The van der Waals surface area contributed by atoms with Gasteiger partial charge in [-0.3, -0.25) is 0 Å². The standard InChI is InChI=1S/C33H45NO3/c1-3-5-7-8-9-11-25-36-30-17-13-28(14-18-30)29-15-19-31(20-16-29)37-32(35)33(26-34)23-21-27(22-24-33)12-10-6-4-2/h13-20,27H,3-12,21-25H2,1-2H3. The first-order valence-corrected chi connectivity index (χ1v) is 14.6. The monoisotopic (exact) mass is 503 g/mol. The molecular formula is C33H45NO3. The van der Waals surface area contributed by atoms with E-state index in [4.69, 9.17) is 9.47 Å². The summed E-state index contributed by atoms with van der Waals surface area (Å²) in [6.45, 7) is 5.21. The normalized spacial score (nSPS) is 19.2. The average molecular weight is 504 g/mol. The van der Waals surface area contributed by atoms with E-state index in [1.807, 2.05) is 36.4 Å². The van der Waals surface area contributed by atoms with Crippen LogP contribution in [-0.4, -0.2) is 12.6 Å². The van der Waals surface area contributed by atoms with Gasteiger partial charge in [0.25, 0.3) is 0 Å². The van der Waals surface area contributed by atoms with Crippen molar-refractivity contribution in [2.24, 2.45) is 11.3 Å². The number of nitrogens with zero attached hydrogens (tertiary/aromatic N) is 1. The zero-order valence-electron chi connectivity index (χ0n) is 23.0. The van der Waals surface area contributed by atoms with Gasteiger partial charge in [-0.25, -0.2) is 4.79 Å². The Morgan fingerprint density at radius 2 is 1.35 bits per heavy atom. The first-order valence-electron chi connectivity index (χ1n) is 14.6. The molecule has 0 atom stereocenters. The van der Waals surface area contributed by atoms with Crippen molar-refractivity contribution < 1.29 is 14.3 Å². The van der Waals surface area contributed by atoms with Gasteiger partial charge in [0.1, 0.15) is 11.5 Å². The predicted octanol–water partition coefficient (Wildman–Crippen LogP) is 9.28. The van der Waals surface area contributed by atoms with Gasteiger partial charge in [-0.15, -0.1) is 0 Å². The maximum atomic E-state index is 13.0. The van der Waals surface area contributed by atoms with Crippen LogP contribution in [0.2, 0.25) is 0 Å². The summed E-state index contributed by atoms with van der Waals surface area (Å²) >= 11 is 0. The molecule has 0 aliphatic heterocycles. The zero-order valence-corrected chi connectivity index (χ0v) is 23.0. The van der Waals surface area contributed by atoms with Gasteiger partial charge in [0.05, 0.1) is 12.7 Å². The molecule has 0 unspecified atom stereocenters. The topological polar surface area (TPSA) is 59.3 Å². The number of carbonyl (C=O) groups is 1. The molecule has 0 saturated heterocycles. The Bertz CT molecular complexity index is 966. The van der Waals surface area contributed by atoms with Crippen LogP contribution in [0.5, 0.6) is 11.5 Å². The third kappa shape index (κ3) is 8.92. The predicted molar refractivity (Wildman–Crippen MR) is 151 cm³/mol. The number of benzene rings is 2. The minimum atomic E-state index is -1.01. The number of rotatable bonds is 15. The Kier molecular flexibility index (Phi) is 12.0. The Morgan fingerprint density at radius 1 is 0.811 bits per heavy atom. The van der Waals surface area contributed by atoms with E-state index in [0.29, 0.717) is 24.5 Å². The molecule has 0 amide bonds. The van der Waals surface area contributed by atoms with Crippen LogP contribution in [0, 0.1) is 22.7 Å². The minimum absolute atomic E-state index is 0.401. The molecule has 0 aromatic heterocycles. The van der Waals surface area contributed by atoms with E-state index in [1.165, 1.54) is 57.8 Å². The van der Waals surface area contributed by atoms with Crippen molar-refractivity contribution in [1.29, 1.82) is 5.26 Å². The van der Waals surface area contributed by atoms with Crippen LogP contribution in [0.15, 0.2) is 48.5 Å². The second-order valence-corrected chi connectivity index (χ2v) is 10.7. The van der Waals surface area contributed by atoms with Gasteiger partial charge in [-0.2, -0.15) is 5.26 Å². The van der Waals surface area contributed by atoms with Crippen LogP contribution in [0.3, 0.4) is 0 Å². The summed E-state index contributed by atoms with van der Waals surface area (Å²) in [7, 11) is 0. The molecule has 1 aliphatic rings. The van der Waals surface area contributed by atoms with Crippen molar-refractivity contribution in [2.75, 3.05) is 6.61 Å². The summed E-state index contributed by atoms with van der Waals surface area (Å²) in [5.41, 5.74) is 1.12. The van der Waals surface area contributed by atoms with E-state index < -0.39 is 11.4 Å². The number of esters is 1. The highest BCUT2D eigenvalue weighted by Gasteiger charge is 2.43. The summed E-state index contributed by atoms with van der Waals surface area (Å²) in [4.78, 5) is 13.0. The van der Waals surface area contributed by atoms with Crippen molar-refractivity contribution in [1.82, 2.24) is 0 Å². The lowest BCUT2D eigenvalue weighted by Gasteiger charge is -2.33. The third-order valence-corrected chi connectivity index (χ3v) is 7.80. The quantitative estimate of drug-likeness (QED) is 0.138. The minimum Gasteiger partial charge on any atom is -0.494 e. The number of ether oxygens (including phenoxy) is 2. The fourth-order valence-electron chi connectivity index (χ4n) is 5.24. The van der Waals surface area contributed by atoms with Crippen molar-refractivity contribution in [2.45, 2.75) is 104 Å². The van der Waals surface area contributed by atoms with Gasteiger partial charge in [0.2, 0.25) is 0 Å². The lowest BCUT2D eigenvalue weighted by Crippen LogP contribution is -2.37. The molecule has 0 N–H and O–H groups in total. The molecule has 1 fully saturated rings. The molecule has 2 aromatic carbocycles. The van der Waals surface area contributed by atoms with E-state index >= 15 is 0 Å². The number of hydrogen-bond donors (Lipinski definition) is 0. The van der Waals surface area contributed by atoms with Crippen molar-refractivity contribution >= 4 is 5.97 Å². The Hall–Kier alpha value is -2.80. The van der Waals surface area contributed by atoms with Gasteiger partial charge in [-0.05, 0) is 73.4 Å². The first-order chi connectivity index (χ1) is 18.1. The van der Waals surface area contributed by atoms with E-state index in [0.717, 1.165) is 42.7 Å². The molecule has 0 radical (unpaired) electrons. The summed E-state index contributed by atoms with van der Waals surface area (Å²) in [5, 5.41) is 9.86. The number of carbonyl (C=O) groups excluding carboxylic acids is 1. The first kappa shape index (κ1) is 28.8. The van der Waals surface area contributed by atoms with E-state index in [-0.39, 0.29) is 0 Å². The summed E-state index contributed by atoms with van der Waals surface area (Å²) in [6.07, 6.45) is 15.5. The third-order valence-electron chi connectivity index (χ3n) is 7.80. The smallest absolute Gasteiger partial charge is 0.331 e. The summed E-state index contributed by atoms with van der Waals surface area (Å²) in [5.74, 6) is 1.62. The van der Waals surface area contributed by atoms with Gasteiger partial charge in [-0.1, -0.05) is 95.9 Å². The summed E-state index contributed by atoms with van der Waals surface area (Å²) < 4.78 is 11.6. The largest absolute Gasteiger partial charge is 0.494 e. The second-order valence-electron chi connectivity index (χ2n) is 10.7. The Labute approximate surface area is 224 Å². The van der Waals surface area contributed by atoms with Crippen molar-refractivity contribution in [3.63, 3.8) is 0 Å². The molecule has 37 heavy (non-hydrogen) atoms. The van der Waals surface area contributed by atoms with E-state index in [9.17, 15) is 10.1 Å². The molecule has 200 valence electrons. The fraction of sp³-hybridized carbons (Fsp3) is 0.576. The Morgan fingerprint density at radius 3 is 1.95 bits per heavy atom. The van der Waals surface area contributed by atoms with Crippen molar-refractivity contribution in [3.05, 3.63) is 48.5 Å². The molecule has 1 aliphatic carbocycles. The number of nitriles is 1. The average Bonchev–Trinajstić information content (AvgIpc) is 2.94. The lowest BCUT2D eigenvalue weighted by atomic mass is 9.70. The number of unbranched alkanes of at least 4 members (excludes halogenated alkanes) is 7. The fourth-order valence-corrected chi connectivity index (χ4v) is 5.24. The van der Waals surface area contributed by atoms with Crippen LogP contribution in [0.4, 0.5) is 0 Å². The molecule has 0 spiro atoms. The van der Waals surface area contributed by atoms with Gasteiger partial charge in [0.15, 0.2) is 5.41 Å². The van der Waals surface area contributed by atoms with E-state index in [2.05, 4.69) is 32.0 Å². The molecule has 2 aromatic rings. The molecule has 3 rings (SSSR count). The molecular weight excluding hydrogens is 458 g/mol. The molecule has 4 heteroatoms. The van der Waals surface area contributed by atoms with Crippen LogP contribution in [0.1, 0.15) is 104 Å².